The number of hydroxylamine groups is 2. The highest BCUT2D eigenvalue weighted by Gasteiger charge is 2.18. The zero-order valence-corrected chi connectivity index (χ0v) is 10.5. The van der Waals surface area contributed by atoms with Crippen LogP contribution in [0, 0.1) is 5.92 Å². The minimum Gasteiger partial charge on any atom is -0.299 e. The first kappa shape index (κ1) is 13.0. The van der Waals surface area contributed by atoms with Crippen molar-refractivity contribution in [3.63, 3.8) is 0 Å². The van der Waals surface area contributed by atoms with E-state index in [2.05, 4.69) is 18.9 Å². The lowest BCUT2D eigenvalue weighted by Crippen LogP contribution is -2.34. The van der Waals surface area contributed by atoms with Crippen molar-refractivity contribution < 1.29 is 4.84 Å². The van der Waals surface area contributed by atoms with E-state index in [9.17, 15) is 0 Å². The van der Waals surface area contributed by atoms with Crippen molar-refractivity contribution in [1.29, 1.82) is 0 Å². The van der Waals surface area contributed by atoms with Crippen LogP contribution >= 0.6 is 0 Å². The Bertz CT molecular complexity index is 139. The number of hydrogen-bond acceptors (Lipinski definition) is 2. The average molecular weight is 213 g/mol. The smallest absolute Gasteiger partial charge is 0.0685 e. The molecule has 1 aliphatic heterocycles. The molecule has 2 heteroatoms. The molecule has 2 nitrogen and oxygen atoms in total. The molecule has 0 aromatic rings. The van der Waals surface area contributed by atoms with Crippen molar-refractivity contribution in [2.45, 2.75) is 58.8 Å². The molecule has 0 amide bonds. The second-order valence-corrected chi connectivity index (χ2v) is 4.70. The Kier molecular flexibility index (Phi) is 7.03. The summed E-state index contributed by atoms with van der Waals surface area (Å²) in [5.74, 6) is 0.963. The normalized spacial score (nSPS) is 19.6. The van der Waals surface area contributed by atoms with Crippen LogP contribution in [-0.4, -0.2) is 24.8 Å². The quantitative estimate of drug-likeness (QED) is 0.599. The lowest BCUT2D eigenvalue weighted by atomic mass is 9.93. The van der Waals surface area contributed by atoms with Gasteiger partial charge < -0.3 is 0 Å². The van der Waals surface area contributed by atoms with Crippen molar-refractivity contribution in [1.82, 2.24) is 5.06 Å². The van der Waals surface area contributed by atoms with Gasteiger partial charge in [-0.05, 0) is 25.2 Å². The number of rotatable bonds is 7. The van der Waals surface area contributed by atoms with Gasteiger partial charge in [0.2, 0.25) is 0 Å². The van der Waals surface area contributed by atoms with Gasteiger partial charge >= 0.3 is 0 Å². The van der Waals surface area contributed by atoms with Crippen molar-refractivity contribution in [3.8, 4) is 0 Å². The first-order valence-electron chi connectivity index (χ1n) is 6.74. The van der Waals surface area contributed by atoms with E-state index in [1.165, 1.54) is 44.9 Å². The molecule has 0 bridgehead atoms. The van der Waals surface area contributed by atoms with Crippen molar-refractivity contribution in [2.24, 2.45) is 5.92 Å². The SMILES string of the molecule is CCCCCON1CCC(CCC)CC1. The monoisotopic (exact) mass is 213 g/mol. The van der Waals surface area contributed by atoms with E-state index in [0.29, 0.717) is 0 Å². The highest BCUT2D eigenvalue weighted by Crippen LogP contribution is 2.21. The van der Waals surface area contributed by atoms with E-state index in [1.807, 2.05) is 0 Å². The molecule has 1 saturated heterocycles. The molecule has 0 aromatic carbocycles. The largest absolute Gasteiger partial charge is 0.299 e. The molecule has 1 fully saturated rings. The van der Waals surface area contributed by atoms with Gasteiger partial charge in [-0.3, -0.25) is 4.84 Å². The molecular formula is C13H27NO. The average Bonchev–Trinajstić information content (AvgIpc) is 2.27. The topological polar surface area (TPSA) is 12.5 Å². The minimum absolute atomic E-state index is 0.923. The van der Waals surface area contributed by atoms with Crippen LogP contribution in [0.15, 0.2) is 0 Å². The van der Waals surface area contributed by atoms with Gasteiger partial charge in [-0.2, -0.15) is 5.06 Å². The standard InChI is InChI=1S/C13H27NO/c1-3-5-6-12-15-14-10-8-13(7-4-2)9-11-14/h13H,3-12H2,1-2H3. The molecule has 0 atom stereocenters. The molecule has 1 aliphatic rings. The molecule has 15 heavy (non-hydrogen) atoms. The molecule has 0 unspecified atom stereocenters. The summed E-state index contributed by atoms with van der Waals surface area (Å²) in [4.78, 5) is 5.74. The Hall–Kier alpha value is -0.0800. The maximum atomic E-state index is 5.74. The van der Waals surface area contributed by atoms with Crippen LogP contribution in [0.2, 0.25) is 0 Å². The van der Waals surface area contributed by atoms with Gasteiger partial charge in [0, 0.05) is 13.1 Å². The number of piperidine rings is 1. The van der Waals surface area contributed by atoms with Gasteiger partial charge in [0.05, 0.1) is 6.61 Å². The second kappa shape index (κ2) is 8.12. The van der Waals surface area contributed by atoms with Crippen LogP contribution in [0.3, 0.4) is 0 Å². The van der Waals surface area contributed by atoms with E-state index in [4.69, 9.17) is 4.84 Å². The van der Waals surface area contributed by atoms with E-state index < -0.39 is 0 Å². The number of unbranched alkanes of at least 4 members (excludes halogenated alkanes) is 2. The summed E-state index contributed by atoms with van der Waals surface area (Å²) in [7, 11) is 0. The molecule has 1 rings (SSSR count). The third-order valence-corrected chi connectivity index (χ3v) is 3.29. The van der Waals surface area contributed by atoms with Gasteiger partial charge in [-0.1, -0.05) is 39.5 Å². The third-order valence-electron chi connectivity index (χ3n) is 3.29. The van der Waals surface area contributed by atoms with E-state index in [0.717, 1.165) is 25.6 Å². The highest BCUT2D eigenvalue weighted by molar-refractivity contribution is 4.67. The summed E-state index contributed by atoms with van der Waals surface area (Å²) >= 11 is 0. The first-order chi connectivity index (χ1) is 7.36. The molecule has 0 aromatic heterocycles. The summed E-state index contributed by atoms with van der Waals surface area (Å²) in [6.45, 7) is 7.74. The van der Waals surface area contributed by atoms with Gasteiger partial charge in [0.25, 0.3) is 0 Å². The van der Waals surface area contributed by atoms with Gasteiger partial charge in [0.15, 0.2) is 0 Å². The van der Waals surface area contributed by atoms with Crippen molar-refractivity contribution in [2.75, 3.05) is 19.7 Å². The number of nitrogens with zero attached hydrogens (tertiary/aromatic N) is 1. The second-order valence-electron chi connectivity index (χ2n) is 4.70. The first-order valence-corrected chi connectivity index (χ1v) is 6.74. The Balaban J connectivity index is 1.99. The van der Waals surface area contributed by atoms with Gasteiger partial charge in [-0.15, -0.1) is 0 Å². The fraction of sp³-hybridized carbons (Fsp3) is 1.00. The van der Waals surface area contributed by atoms with Crippen LogP contribution < -0.4 is 0 Å². The summed E-state index contributed by atoms with van der Waals surface area (Å²) in [5, 5.41) is 2.18. The predicted octanol–water partition coefficient (Wildman–Crippen LogP) is 3.62. The molecule has 1 heterocycles. The molecule has 0 saturated carbocycles. The van der Waals surface area contributed by atoms with Crippen LogP contribution in [0.5, 0.6) is 0 Å². The van der Waals surface area contributed by atoms with Crippen LogP contribution in [0.25, 0.3) is 0 Å². The zero-order valence-electron chi connectivity index (χ0n) is 10.5. The minimum atomic E-state index is 0.923. The maximum absolute atomic E-state index is 5.74. The van der Waals surface area contributed by atoms with Gasteiger partial charge in [-0.25, -0.2) is 0 Å². The Morgan fingerprint density at radius 1 is 1.07 bits per heavy atom. The molecule has 0 radical (unpaired) electrons. The summed E-state index contributed by atoms with van der Waals surface area (Å²) in [6.07, 6.45) is 9.20. The van der Waals surface area contributed by atoms with Crippen molar-refractivity contribution >= 4 is 0 Å². The van der Waals surface area contributed by atoms with Crippen LogP contribution in [0.4, 0.5) is 0 Å². The molecule has 0 N–H and O–H groups in total. The Morgan fingerprint density at radius 2 is 1.80 bits per heavy atom. The predicted molar refractivity (Wildman–Crippen MR) is 64.7 cm³/mol. The lowest BCUT2D eigenvalue weighted by molar-refractivity contribution is -0.175. The fourth-order valence-corrected chi connectivity index (χ4v) is 2.28. The van der Waals surface area contributed by atoms with Crippen LogP contribution in [0.1, 0.15) is 58.8 Å². The third kappa shape index (κ3) is 5.53. The zero-order chi connectivity index (χ0) is 10.9. The Labute approximate surface area is 94.9 Å². The van der Waals surface area contributed by atoms with E-state index in [1.54, 1.807) is 0 Å². The summed E-state index contributed by atoms with van der Waals surface area (Å²) in [5.41, 5.74) is 0. The van der Waals surface area contributed by atoms with E-state index in [-0.39, 0.29) is 0 Å². The van der Waals surface area contributed by atoms with Gasteiger partial charge in [0.1, 0.15) is 0 Å². The van der Waals surface area contributed by atoms with E-state index >= 15 is 0 Å². The Morgan fingerprint density at radius 3 is 2.40 bits per heavy atom. The van der Waals surface area contributed by atoms with Crippen LogP contribution in [-0.2, 0) is 4.84 Å². The molecular weight excluding hydrogens is 186 g/mol. The highest BCUT2D eigenvalue weighted by atomic mass is 16.7. The molecule has 0 aliphatic carbocycles. The maximum Gasteiger partial charge on any atom is 0.0685 e. The molecule has 0 spiro atoms. The van der Waals surface area contributed by atoms with Crippen molar-refractivity contribution in [3.05, 3.63) is 0 Å². The summed E-state index contributed by atoms with van der Waals surface area (Å²) in [6, 6.07) is 0. The fourth-order valence-electron chi connectivity index (χ4n) is 2.28. The lowest BCUT2D eigenvalue weighted by Gasteiger charge is -2.30. The number of hydrogen-bond donors (Lipinski definition) is 0. The molecule has 90 valence electrons. The summed E-state index contributed by atoms with van der Waals surface area (Å²) < 4.78 is 0.